The Balaban J connectivity index is 2.01. The molecule has 72 valence electrons. The van der Waals surface area contributed by atoms with Crippen molar-refractivity contribution in [3.63, 3.8) is 0 Å². The Labute approximate surface area is 77.4 Å². The smallest absolute Gasteiger partial charge is 0.320 e. The summed E-state index contributed by atoms with van der Waals surface area (Å²) < 4.78 is 4.86. The van der Waals surface area contributed by atoms with Crippen LogP contribution in [0.15, 0.2) is 0 Å². The van der Waals surface area contributed by atoms with Gasteiger partial charge in [0.05, 0.1) is 6.61 Å². The zero-order chi connectivity index (χ0) is 9.47. The van der Waals surface area contributed by atoms with Crippen molar-refractivity contribution in [3.8, 4) is 0 Å². The maximum atomic E-state index is 11.7. The van der Waals surface area contributed by atoms with Crippen molar-refractivity contribution in [2.45, 2.75) is 32.6 Å². The van der Waals surface area contributed by atoms with Gasteiger partial charge in [-0.1, -0.05) is 13.3 Å². The summed E-state index contributed by atoms with van der Waals surface area (Å²) in [5, 5.41) is 0. The van der Waals surface area contributed by atoms with Gasteiger partial charge in [0.15, 0.2) is 5.78 Å². The standard InChI is InChI=1S/C10H14O3/c1-2-3-4-8(11)10-5-7(10)6-13-9(10)12/h7H,2-6H2,1H3/t7-,10-/m1/s1. The van der Waals surface area contributed by atoms with Crippen LogP contribution in [0.1, 0.15) is 32.6 Å². The second-order valence-corrected chi connectivity index (χ2v) is 4.00. The molecule has 1 saturated heterocycles. The number of Topliss-reactive ketones (excluding diaryl/α,β-unsaturated/α-hetero) is 1. The van der Waals surface area contributed by atoms with Crippen LogP contribution in [-0.2, 0) is 14.3 Å². The van der Waals surface area contributed by atoms with Gasteiger partial charge in [0.2, 0.25) is 0 Å². The molecule has 0 spiro atoms. The number of rotatable bonds is 4. The van der Waals surface area contributed by atoms with E-state index in [1.807, 2.05) is 6.92 Å². The molecule has 2 aliphatic rings. The van der Waals surface area contributed by atoms with Crippen LogP contribution in [-0.4, -0.2) is 18.4 Å². The van der Waals surface area contributed by atoms with Crippen LogP contribution >= 0.6 is 0 Å². The minimum atomic E-state index is -0.671. The molecule has 1 heterocycles. The Morgan fingerprint density at radius 3 is 2.92 bits per heavy atom. The predicted molar refractivity (Wildman–Crippen MR) is 46.0 cm³/mol. The summed E-state index contributed by atoms with van der Waals surface area (Å²) in [7, 11) is 0. The summed E-state index contributed by atoms with van der Waals surface area (Å²) >= 11 is 0. The van der Waals surface area contributed by atoms with Gasteiger partial charge in [-0.05, 0) is 12.8 Å². The Kier molecular flexibility index (Phi) is 1.90. The van der Waals surface area contributed by atoms with E-state index in [0.717, 1.165) is 19.3 Å². The maximum Gasteiger partial charge on any atom is 0.320 e. The molecule has 3 heteroatoms. The van der Waals surface area contributed by atoms with Gasteiger partial charge in [-0.3, -0.25) is 9.59 Å². The topological polar surface area (TPSA) is 43.4 Å². The number of esters is 1. The van der Waals surface area contributed by atoms with E-state index in [1.165, 1.54) is 0 Å². The van der Waals surface area contributed by atoms with Crippen molar-refractivity contribution >= 4 is 11.8 Å². The number of hydrogen-bond acceptors (Lipinski definition) is 3. The number of carbonyl (C=O) groups excluding carboxylic acids is 2. The Bertz CT molecular complexity index is 259. The molecule has 3 nitrogen and oxygen atoms in total. The number of fused-ring (bicyclic) bond motifs is 1. The quantitative estimate of drug-likeness (QED) is 0.486. The molecule has 2 fully saturated rings. The molecule has 0 bridgehead atoms. The molecule has 13 heavy (non-hydrogen) atoms. The third-order valence-corrected chi connectivity index (χ3v) is 3.14. The fourth-order valence-corrected chi connectivity index (χ4v) is 2.10. The lowest BCUT2D eigenvalue weighted by molar-refractivity contribution is -0.148. The molecule has 2 rings (SSSR count). The highest BCUT2D eigenvalue weighted by Gasteiger charge is 2.69. The fourth-order valence-electron chi connectivity index (χ4n) is 2.10. The van der Waals surface area contributed by atoms with Crippen molar-refractivity contribution in [1.82, 2.24) is 0 Å². The zero-order valence-corrected chi connectivity index (χ0v) is 7.84. The molecule has 0 unspecified atom stereocenters. The molecule has 1 aliphatic carbocycles. The first-order valence-corrected chi connectivity index (χ1v) is 4.92. The van der Waals surface area contributed by atoms with Gasteiger partial charge in [0, 0.05) is 12.3 Å². The number of cyclic esters (lactones) is 1. The lowest BCUT2D eigenvalue weighted by Crippen LogP contribution is -2.24. The number of ketones is 1. The van der Waals surface area contributed by atoms with Gasteiger partial charge in [-0.15, -0.1) is 0 Å². The summed E-state index contributed by atoms with van der Waals surface area (Å²) in [6, 6.07) is 0. The highest BCUT2D eigenvalue weighted by molar-refractivity contribution is 6.08. The van der Waals surface area contributed by atoms with Crippen LogP contribution in [0.4, 0.5) is 0 Å². The van der Waals surface area contributed by atoms with E-state index in [9.17, 15) is 9.59 Å². The summed E-state index contributed by atoms with van der Waals surface area (Å²) in [5.41, 5.74) is -0.671. The molecule has 1 aliphatic heterocycles. The third kappa shape index (κ3) is 1.10. The Hall–Kier alpha value is -0.860. The molecule has 1 saturated carbocycles. The molecule has 0 radical (unpaired) electrons. The fraction of sp³-hybridized carbons (Fsp3) is 0.800. The normalized spacial score (nSPS) is 35.5. The van der Waals surface area contributed by atoms with E-state index in [1.54, 1.807) is 0 Å². The number of hydrogen-bond donors (Lipinski definition) is 0. The molecule has 2 atom stereocenters. The summed E-state index contributed by atoms with van der Waals surface area (Å²) in [6.07, 6.45) is 3.18. The Morgan fingerprint density at radius 2 is 2.46 bits per heavy atom. The van der Waals surface area contributed by atoms with Crippen molar-refractivity contribution in [3.05, 3.63) is 0 Å². The van der Waals surface area contributed by atoms with Crippen LogP contribution in [0.3, 0.4) is 0 Å². The van der Waals surface area contributed by atoms with Crippen LogP contribution in [0.2, 0.25) is 0 Å². The monoisotopic (exact) mass is 182 g/mol. The van der Waals surface area contributed by atoms with Crippen LogP contribution in [0.25, 0.3) is 0 Å². The number of ether oxygens (including phenoxy) is 1. The second kappa shape index (κ2) is 2.82. The lowest BCUT2D eigenvalue weighted by atomic mass is 9.95. The summed E-state index contributed by atoms with van der Waals surface area (Å²) in [6.45, 7) is 2.51. The van der Waals surface area contributed by atoms with Gasteiger partial charge < -0.3 is 4.74 Å². The summed E-state index contributed by atoms with van der Waals surface area (Å²) in [5.74, 6) is 0.0600. The van der Waals surface area contributed by atoms with Crippen molar-refractivity contribution in [1.29, 1.82) is 0 Å². The largest absolute Gasteiger partial charge is 0.465 e. The maximum absolute atomic E-state index is 11.7. The minimum Gasteiger partial charge on any atom is -0.465 e. The molecule has 0 aromatic rings. The van der Waals surface area contributed by atoms with Gasteiger partial charge in [0.1, 0.15) is 5.41 Å². The van der Waals surface area contributed by atoms with Gasteiger partial charge in [-0.25, -0.2) is 0 Å². The van der Waals surface area contributed by atoms with Crippen molar-refractivity contribution in [2.24, 2.45) is 11.3 Å². The molecular weight excluding hydrogens is 168 g/mol. The van der Waals surface area contributed by atoms with E-state index in [-0.39, 0.29) is 17.7 Å². The molecule has 0 aromatic carbocycles. The first-order valence-electron chi connectivity index (χ1n) is 4.92. The van der Waals surface area contributed by atoms with E-state index in [0.29, 0.717) is 13.0 Å². The van der Waals surface area contributed by atoms with Gasteiger partial charge in [-0.2, -0.15) is 0 Å². The second-order valence-electron chi connectivity index (χ2n) is 4.00. The van der Waals surface area contributed by atoms with Gasteiger partial charge >= 0.3 is 5.97 Å². The molecule has 0 N–H and O–H groups in total. The molecule has 0 aromatic heterocycles. The van der Waals surface area contributed by atoms with Crippen molar-refractivity contribution in [2.75, 3.05) is 6.61 Å². The minimum absolute atomic E-state index is 0.113. The number of carbonyl (C=O) groups is 2. The SMILES string of the molecule is CCCCC(=O)[C@@]12C[C@@H]1COC2=O. The Morgan fingerprint density at radius 1 is 1.69 bits per heavy atom. The van der Waals surface area contributed by atoms with Gasteiger partial charge in [0.25, 0.3) is 0 Å². The van der Waals surface area contributed by atoms with E-state index >= 15 is 0 Å². The average Bonchev–Trinajstić information content (AvgIpc) is 2.79. The zero-order valence-electron chi connectivity index (χ0n) is 7.84. The van der Waals surface area contributed by atoms with Crippen LogP contribution in [0, 0.1) is 11.3 Å². The first-order chi connectivity index (χ1) is 6.21. The lowest BCUT2D eigenvalue weighted by Gasteiger charge is -2.06. The summed E-state index contributed by atoms with van der Waals surface area (Å²) in [4.78, 5) is 23.0. The van der Waals surface area contributed by atoms with Crippen molar-refractivity contribution < 1.29 is 14.3 Å². The molecule has 0 amide bonds. The van der Waals surface area contributed by atoms with Crippen LogP contribution < -0.4 is 0 Å². The van der Waals surface area contributed by atoms with E-state index < -0.39 is 5.41 Å². The van der Waals surface area contributed by atoms with E-state index in [4.69, 9.17) is 4.74 Å². The number of unbranched alkanes of at least 4 members (excludes halogenated alkanes) is 1. The first kappa shape index (κ1) is 8.73. The highest BCUT2D eigenvalue weighted by Crippen LogP contribution is 2.58. The van der Waals surface area contributed by atoms with Crippen LogP contribution in [0.5, 0.6) is 0 Å². The highest BCUT2D eigenvalue weighted by atomic mass is 16.5. The average molecular weight is 182 g/mol. The predicted octanol–water partition coefficient (Wildman–Crippen LogP) is 1.31. The molecular formula is C10H14O3. The van der Waals surface area contributed by atoms with E-state index in [2.05, 4.69) is 0 Å². The third-order valence-electron chi connectivity index (χ3n) is 3.14.